The minimum atomic E-state index is -3.95. The summed E-state index contributed by atoms with van der Waals surface area (Å²) < 4.78 is 31.4. The minimum Gasteiger partial charge on any atom is -0.378 e. The summed E-state index contributed by atoms with van der Waals surface area (Å²) in [7, 11) is 1.86. The van der Waals surface area contributed by atoms with Gasteiger partial charge in [0.25, 0.3) is 0 Å². The summed E-state index contributed by atoms with van der Waals surface area (Å²) in [5.41, 5.74) is 6.12. The Morgan fingerprint density at radius 1 is 0.932 bits per heavy atom. The molecule has 1 amide bonds. The van der Waals surface area contributed by atoms with Crippen LogP contribution in [0.15, 0.2) is 101 Å². The van der Waals surface area contributed by atoms with Gasteiger partial charge in [0.2, 0.25) is 5.91 Å². The molecule has 0 spiro atoms. The second-order valence-electron chi connectivity index (χ2n) is 10.8. The molecule has 6 rings (SSSR count). The normalized spacial score (nSPS) is 11.8. The van der Waals surface area contributed by atoms with Crippen LogP contribution in [0.3, 0.4) is 0 Å². The Hall–Kier alpha value is -4.51. The lowest BCUT2D eigenvalue weighted by Gasteiger charge is -2.19. The lowest BCUT2D eigenvalue weighted by Crippen LogP contribution is -2.27. The van der Waals surface area contributed by atoms with Gasteiger partial charge >= 0.3 is 10.1 Å². The highest BCUT2D eigenvalue weighted by Gasteiger charge is 2.21. The number of fused-ring (bicyclic) bond motifs is 3. The first kappa shape index (κ1) is 29.6. The predicted octanol–water partition coefficient (Wildman–Crippen LogP) is 7.18. The molecule has 44 heavy (non-hydrogen) atoms. The van der Waals surface area contributed by atoms with Crippen molar-refractivity contribution in [3.05, 3.63) is 96.5 Å². The van der Waals surface area contributed by atoms with Gasteiger partial charge in [-0.25, -0.2) is 4.98 Å². The number of pyridine rings is 1. The van der Waals surface area contributed by atoms with Crippen LogP contribution in [0.4, 0.5) is 5.69 Å². The van der Waals surface area contributed by atoms with E-state index in [1.165, 1.54) is 6.07 Å². The number of nitrogens with zero attached hydrogens (tertiary/aromatic N) is 3. The van der Waals surface area contributed by atoms with Crippen LogP contribution in [-0.4, -0.2) is 56.9 Å². The Balaban J connectivity index is 1.42. The number of rotatable bonds is 10. The number of thiophene rings is 1. The molecule has 3 aromatic heterocycles. The molecule has 0 aliphatic heterocycles. The van der Waals surface area contributed by atoms with Crippen LogP contribution in [0.5, 0.6) is 5.75 Å². The van der Waals surface area contributed by atoms with E-state index in [9.17, 15) is 13.2 Å². The van der Waals surface area contributed by atoms with E-state index in [-0.39, 0.29) is 15.9 Å². The molecule has 1 N–H and O–H groups in total. The van der Waals surface area contributed by atoms with Gasteiger partial charge in [-0.05, 0) is 80.0 Å². The van der Waals surface area contributed by atoms with Crippen LogP contribution in [0.2, 0.25) is 0 Å². The molecule has 6 aromatic rings. The molecule has 3 heterocycles. The van der Waals surface area contributed by atoms with Gasteiger partial charge in [-0.15, -0.1) is 11.3 Å². The molecule has 0 saturated heterocycles. The second kappa shape index (κ2) is 12.2. The van der Waals surface area contributed by atoms with E-state index in [2.05, 4.69) is 9.88 Å². The first-order chi connectivity index (χ1) is 21.2. The topological polar surface area (TPSA) is 95.6 Å². The molecular weight excluding hydrogens is 593 g/mol. The Morgan fingerprint density at radius 3 is 2.41 bits per heavy atom. The smallest absolute Gasteiger partial charge is 0.348 e. The van der Waals surface area contributed by atoms with Crippen molar-refractivity contribution in [1.82, 2.24) is 14.9 Å². The number of carbonyl (C=O) groups is 1. The van der Waals surface area contributed by atoms with Gasteiger partial charge in [0.05, 0.1) is 0 Å². The summed E-state index contributed by atoms with van der Waals surface area (Å²) in [6.45, 7) is 0.863. The van der Waals surface area contributed by atoms with Crippen LogP contribution in [0, 0.1) is 0 Å². The van der Waals surface area contributed by atoms with Gasteiger partial charge in [0, 0.05) is 52.8 Å². The first-order valence-electron chi connectivity index (χ1n) is 14.2. The summed E-state index contributed by atoms with van der Waals surface area (Å²) in [5.74, 6) is 0.296. The number of aromatic nitrogens is 2. The number of nitrogens with one attached hydrogen (secondary N) is 1. The summed E-state index contributed by atoms with van der Waals surface area (Å²) in [6.07, 6.45) is 3.14. The second-order valence-corrected chi connectivity index (χ2v) is 13.6. The largest absolute Gasteiger partial charge is 0.378 e. The lowest BCUT2D eigenvalue weighted by atomic mass is 9.92. The summed E-state index contributed by atoms with van der Waals surface area (Å²) in [5, 5.41) is 3.36. The highest BCUT2D eigenvalue weighted by atomic mass is 32.3. The maximum Gasteiger partial charge on any atom is 0.348 e. The number of hydrogen-bond acceptors (Lipinski definition) is 7. The van der Waals surface area contributed by atoms with E-state index >= 15 is 0 Å². The molecular formula is C34H32N4O4S2. The number of benzene rings is 3. The Morgan fingerprint density at radius 2 is 1.70 bits per heavy atom. The monoisotopic (exact) mass is 624 g/mol. The van der Waals surface area contributed by atoms with Gasteiger partial charge in [0.1, 0.15) is 11.4 Å². The van der Waals surface area contributed by atoms with Gasteiger partial charge < -0.3 is 19.0 Å². The fourth-order valence-electron chi connectivity index (χ4n) is 5.31. The van der Waals surface area contributed by atoms with Crippen molar-refractivity contribution in [1.29, 1.82) is 0 Å². The van der Waals surface area contributed by atoms with E-state index in [0.717, 1.165) is 68.5 Å². The fourth-order valence-corrected chi connectivity index (χ4v) is 7.18. The van der Waals surface area contributed by atoms with Crippen LogP contribution in [0.25, 0.3) is 44.2 Å². The Bertz CT molecular complexity index is 2040. The number of anilines is 1. The average molecular weight is 625 g/mol. The number of amides is 1. The molecule has 0 aliphatic carbocycles. The maximum absolute atomic E-state index is 12.9. The third kappa shape index (κ3) is 5.96. The quantitative estimate of drug-likeness (QED) is 0.162. The molecule has 10 heteroatoms. The molecule has 3 aromatic carbocycles. The Kier molecular flexibility index (Phi) is 8.22. The van der Waals surface area contributed by atoms with Crippen molar-refractivity contribution in [3.63, 3.8) is 0 Å². The molecule has 224 valence electrons. The standard InChI is InChI=1S/C34H32N4O4S2/c1-37(2)19-7-11-30(39)38(3)25-15-13-23(14-16-25)28-22-35-34-33(32(28)24-9-5-4-6-10-24)27-21-26(17-18-29(27)36-34)42-44(40,41)31-12-8-20-43-31/h4-6,8-10,12-18,20-22H,7,11,19H2,1-3H3,(H,35,36). The van der Waals surface area contributed by atoms with Crippen molar-refractivity contribution in [2.45, 2.75) is 17.1 Å². The van der Waals surface area contributed by atoms with E-state index < -0.39 is 10.1 Å². The van der Waals surface area contributed by atoms with Gasteiger partial charge in [-0.1, -0.05) is 48.5 Å². The molecule has 0 bridgehead atoms. The maximum atomic E-state index is 12.9. The fraction of sp³-hybridized carbons (Fsp3) is 0.176. The molecule has 0 aliphatic rings. The third-order valence-electron chi connectivity index (χ3n) is 7.54. The van der Waals surface area contributed by atoms with E-state index in [1.807, 2.05) is 81.0 Å². The zero-order valence-corrected chi connectivity index (χ0v) is 26.3. The van der Waals surface area contributed by atoms with Crippen LogP contribution in [-0.2, 0) is 14.9 Å². The van der Waals surface area contributed by atoms with Crippen LogP contribution >= 0.6 is 11.3 Å². The first-order valence-corrected chi connectivity index (χ1v) is 16.5. The third-order valence-corrected chi connectivity index (χ3v) is 10.1. The molecule has 0 unspecified atom stereocenters. The van der Waals surface area contributed by atoms with Crippen LogP contribution < -0.4 is 9.08 Å². The van der Waals surface area contributed by atoms with Crippen LogP contribution in [0.1, 0.15) is 12.8 Å². The lowest BCUT2D eigenvalue weighted by molar-refractivity contribution is -0.118. The van der Waals surface area contributed by atoms with Crippen molar-refractivity contribution in [2.24, 2.45) is 0 Å². The molecule has 0 fully saturated rings. The van der Waals surface area contributed by atoms with Gasteiger partial charge in [-0.2, -0.15) is 8.42 Å². The number of carbonyl (C=O) groups excluding carboxylic acids is 1. The molecule has 0 atom stereocenters. The van der Waals surface area contributed by atoms with Gasteiger partial charge in [-0.3, -0.25) is 4.79 Å². The summed E-state index contributed by atoms with van der Waals surface area (Å²) in [6, 6.07) is 26.4. The average Bonchev–Trinajstić information content (AvgIpc) is 3.70. The Labute approximate surface area is 260 Å². The van der Waals surface area contributed by atoms with Crippen molar-refractivity contribution >= 4 is 55.0 Å². The van der Waals surface area contributed by atoms with Crippen molar-refractivity contribution in [2.75, 3.05) is 32.6 Å². The van der Waals surface area contributed by atoms with Gasteiger partial charge in [0.15, 0.2) is 4.21 Å². The molecule has 8 nitrogen and oxygen atoms in total. The van der Waals surface area contributed by atoms with E-state index in [0.29, 0.717) is 12.1 Å². The zero-order valence-electron chi connectivity index (χ0n) is 24.7. The highest BCUT2D eigenvalue weighted by Crippen LogP contribution is 2.41. The number of H-pyrrole nitrogens is 1. The number of aromatic amines is 1. The minimum absolute atomic E-state index is 0.0746. The number of hydrogen-bond donors (Lipinski definition) is 1. The highest BCUT2D eigenvalue weighted by molar-refractivity contribution is 7.89. The van der Waals surface area contributed by atoms with E-state index in [4.69, 9.17) is 9.17 Å². The molecule has 0 saturated carbocycles. The van der Waals surface area contributed by atoms with Crippen molar-refractivity contribution in [3.8, 4) is 28.0 Å². The van der Waals surface area contributed by atoms with E-state index in [1.54, 1.807) is 35.5 Å². The summed E-state index contributed by atoms with van der Waals surface area (Å²) in [4.78, 5) is 24.7. The predicted molar refractivity (Wildman–Crippen MR) is 178 cm³/mol. The summed E-state index contributed by atoms with van der Waals surface area (Å²) >= 11 is 1.11. The SMILES string of the molecule is CN(C)CCCC(=O)N(C)c1ccc(-c2cnc3[nH]c4ccc(OS(=O)(=O)c5cccs5)cc4c3c2-c2ccccc2)cc1. The molecule has 0 radical (unpaired) electrons. The van der Waals surface area contributed by atoms with Crippen molar-refractivity contribution < 1.29 is 17.4 Å². The zero-order chi connectivity index (χ0) is 30.8.